The van der Waals surface area contributed by atoms with Gasteiger partial charge in [-0.2, -0.15) is 5.26 Å². The average molecular weight is 454 g/mol. The van der Waals surface area contributed by atoms with Crippen LogP contribution in [0.4, 0.5) is 0 Å². The van der Waals surface area contributed by atoms with Crippen LogP contribution in [0.3, 0.4) is 0 Å². The van der Waals surface area contributed by atoms with Crippen molar-refractivity contribution >= 4 is 17.7 Å². The van der Waals surface area contributed by atoms with Gasteiger partial charge in [0, 0.05) is 23.7 Å². The Hall–Kier alpha value is -2.39. The molecule has 0 saturated carbocycles. The number of thioether (sulfide) groups is 1. The molecule has 32 heavy (non-hydrogen) atoms. The second-order valence-electron chi connectivity index (χ2n) is 8.04. The molecule has 0 spiro atoms. The molecule has 0 aliphatic carbocycles. The van der Waals surface area contributed by atoms with Gasteiger partial charge in [0.1, 0.15) is 6.07 Å². The molecule has 2 aromatic rings. The summed E-state index contributed by atoms with van der Waals surface area (Å²) in [6.45, 7) is 3.80. The van der Waals surface area contributed by atoms with E-state index < -0.39 is 12.1 Å². The highest BCUT2D eigenvalue weighted by Crippen LogP contribution is 2.22. The third-order valence-corrected chi connectivity index (χ3v) is 6.24. The molecule has 1 atom stereocenters. The lowest BCUT2D eigenvalue weighted by molar-refractivity contribution is 0.0435. The van der Waals surface area contributed by atoms with Crippen LogP contribution >= 0.6 is 11.8 Å². The average Bonchev–Trinajstić information content (AvgIpc) is 2.83. The molecule has 5 nitrogen and oxygen atoms in total. The van der Waals surface area contributed by atoms with Crippen LogP contribution in [0, 0.1) is 11.3 Å². The zero-order valence-electron chi connectivity index (χ0n) is 19.4. The molecule has 0 aliphatic heterocycles. The Morgan fingerprint density at radius 1 is 0.938 bits per heavy atom. The summed E-state index contributed by atoms with van der Waals surface area (Å²) >= 11 is 1.71. The van der Waals surface area contributed by atoms with Gasteiger partial charge in [0.25, 0.3) is 0 Å². The lowest BCUT2D eigenvalue weighted by Crippen LogP contribution is -2.12. The van der Waals surface area contributed by atoms with Crippen molar-refractivity contribution in [1.82, 2.24) is 9.97 Å². The second-order valence-corrected chi connectivity index (χ2v) is 9.10. The van der Waals surface area contributed by atoms with Gasteiger partial charge in [-0.05, 0) is 31.0 Å². The number of carbonyl (C=O) groups excluding carboxylic acids is 1. The van der Waals surface area contributed by atoms with Crippen LogP contribution in [0.15, 0.2) is 41.8 Å². The number of esters is 1. The summed E-state index contributed by atoms with van der Waals surface area (Å²) in [6, 6.07) is 8.94. The van der Waals surface area contributed by atoms with E-state index in [9.17, 15) is 4.79 Å². The predicted octanol–water partition coefficient (Wildman–Crippen LogP) is 7.23. The highest BCUT2D eigenvalue weighted by Gasteiger charge is 2.11. The Balaban J connectivity index is 1.66. The maximum absolute atomic E-state index is 12.0. The fraction of sp³-hybridized carbons (Fsp3) is 0.538. The number of rotatable bonds is 15. The Morgan fingerprint density at radius 2 is 1.50 bits per heavy atom. The number of ether oxygens (including phenoxy) is 1. The van der Waals surface area contributed by atoms with E-state index in [0.29, 0.717) is 5.56 Å². The number of hydrogen-bond acceptors (Lipinski definition) is 6. The van der Waals surface area contributed by atoms with Gasteiger partial charge in [-0.1, -0.05) is 88.6 Å². The highest BCUT2D eigenvalue weighted by atomic mass is 32.2. The molecule has 0 radical (unpaired) electrons. The van der Waals surface area contributed by atoms with E-state index in [-0.39, 0.29) is 0 Å². The van der Waals surface area contributed by atoms with Crippen molar-refractivity contribution in [2.45, 2.75) is 89.3 Å². The minimum Gasteiger partial charge on any atom is -0.444 e. The number of benzene rings is 1. The zero-order valence-corrected chi connectivity index (χ0v) is 20.2. The fourth-order valence-corrected chi connectivity index (χ4v) is 4.13. The summed E-state index contributed by atoms with van der Waals surface area (Å²) < 4.78 is 5.01. The molecule has 0 aliphatic rings. The number of hydrogen-bond donors (Lipinski definition) is 0. The van der Waals surface area contributed by atoms with E-state index >= 15 is 0 Å². The first-order valence-electron chi connectivity index (χ1n) is 11.8. The lowest BCUT2D eigenvalue weighted by atomic mass is 10.1. The molecule has 0 N–H and O–H groups in total. The molecule has 0 saturated heterocycles. The van der Waals surface area contributed by atoms with E-state index in [1.54, 1.807) is 30.8 Å². The molecule has 1 aromatic heterocycles. The molecule has 172 valence electrons. The standard InChI is InChI=1S/C26H35N3O2S/c1-3-4-5-6-7-8-9-10-11-12-17-32-26-28-19-24(20-29-26)22-13-15-23(16-14-22)25(30)31-21(2)18-27/h13-16,19-21H,3-12,17H2,1-2H3/t21-/m1/s1. The van der Waals surface area contributed by atoms with E-state index in [4.69, 9.17) is 10.00 Å². The fourth-order valence-electron chi connectivity index (χ4n) is 3.35. The number of nitriles is 1. The largest absolute Gasteiger partial charge is 0.444 e. The molecule has 6 heteroatoms. The quantitative estimate of drug-likeness (QED) is 0.123. The molecule has 0 amide bonds. The van der Waals surface area contributed by atoms with Crippen molar-refractivity contribution in [3.05, 3.63) is 42.2 Å². The molecule has 0 unspecified atom stereocenters. The monoisotopic (exact) mass is 453 g/mol. The van der Waals surface area contributed by atoms with Crippen LogP contribution < -0.4 is 0 Å². The number of nitrogens with zero attached hydrogens (tertiary/aromatic N) is 3. The number of unbranched alkanes of at least 4 members (excludes halogenated alkanes) is 9. The van der Waals surface area contributed by atoms with E-state index in [1.165, 1.54) is 64.2 Å². The summed E-state index contributed by atoms with van der Waals surface area (Å²) in [6.07, 6.45) is 16.3. The molecule has 1 heterocycles. The van der Waals surface area contributed by atoms with Gasteiger partial charge >= 0.3 is 5.97 Å². The summed E-state index contributed by atoms with van der Waals surface area (Å²) in [5.41, 5.74) is 2.25. The molecular weight excluding hydrogens is 418 g/mol. The van der Waals surface area contributed by atoms with Crippen LogP contribution in [0.5, 0.6) is 0 Å². The number of carbonyl (C=O) groups is 1. The highest BCUT2D eigenvalue weighted by molar-refractivity contribution is 7.99. The molecular formula is C26H35N3O2S. The zero-order chi connectivity index (χ0) is 23.0. The third-order valence-electron chi connectivity index (χ3n) is 5.28. The van der Waals surface area contributed by atoms with Crippen LogP contribution in [0.25, 0.3) is 11.1 Å². The smallest absolute Gasteiger partial charge is 0.339 e. The molecule has 1 aromatic carbocycles. The maximum atomic E-state index is 12.0. The Kier molecular flexibility index (Phi) is 12.5. The summed E-state index contributed by atoms with van der Waals surface area (Å²) in [7, 11) is 0. The topological polar surface area (TPSA) is 75.9 Å². The van der Waals surface area contributed by atoms with E-state index in [1.807, 2.05) is 30.6 Å². The van der Waals surface area contributed by atoms with Gasteiger partial charge in [-0.25, -0.2) is 14.8 Å². The minimum atomic E-state index is -0.763. The first-order valence-corrected chi connectivity index (χ1v) is 12.8. The first kappa shape index (κ1) is 25.9. The van der Waals surface area contributed by atoms with Gasteiger partial charge in [0.15, 0.2) is 11.3 Å². The van der Waals surface area contributed by atoms with Gasteiger partial charge in [0.2, 0.25) is 0 Å². The first-order chi connectivity index (χ1) is 15.6. The Labute approximate surface area is 197 Å². The van der Waals surface area contributed by atoms with Crippen molar-refractivity contribution in [2.24, 2.45) is 0 Å². The van der Waals surface area contributed by atoms with Crippen molar-refractivity contribution in [3.8, 4) is 17.2 Å². The SMILES string of the molecule is CCCCCCCCCCCCSc1ncc(-c2ccc(C(=O)O[C@H](C)C#N)cc2)cn1. The Bertz CT molecular complexity index is 832. The summed E-state index contributed by atoms with van der Waals surface area (Å²) in [5.74, 6) is 0.550. The molecule has 2 rings (SSSR count). The van der Waals surface area contributed by atoms with Crippen molar-refractivity contribution < 1.29 is 9.53 Å². The van der Waals surface area contributed by atoms with Crippen molar-refractivity contribution in [1.29, 1.82) is 5.26 Å². The lowest BCUT2D eigenvalue weighted by Gasteiger charge is -2.07. The van der Waals surface area contributed by atoms with Crippen molar-refractivity contribution in [2.75, 3.05) is 5.75 Å². The van der Waals surface area contributed by atoms with E-state index in [2.05, 4.69) is 16.9 Å². The summed E-state index contributed by atoms with van der Waals surface area (Å²) in [4.78, 5) is 20.9. The van der Waals surface area contributed by atoms with Gasteiger partial charge < -0.3 is 4.74 Å². The van der Waals surface area contributed by atoms with Crippen LogP contribution in [0.1, 0.15) is 88.4 Å². The normalized spacial score (nSPS) is 11.7. The second kappa shape index (κ2) is 15.4. The Morgan fingerprint density at radius 3 is 2.06 bits per heavy atom. The number of aromatic nitrogens is 2. The molecule has 0 bridgehead atoms. The van der Waals surface area contributed by atoms with Gasteiger partial charge in [-0.3, -0.25) is 0 Å². The van der Waals surface area contributed by atoms with Crippen molar-refractivity contribution in [3.63, 3.8) is 0 Å². The minimum absolute atomic E-state index is 0.417. The van der Waals surface area contributed by atoms with Gasteiger partial charge in [-0.15, -0.1) is 0 Å². The van der Waals surface area contributed by atoms with Crippen LogP contribution in [0.2, 0.25) is 0 Å². The third kappa shape index (κ3) is 9.82. The predicted molar refractivity (Wildman–Crippen MR) is 131 cm³/mol. The molecule has 0 fully saturated rings. The van der Waals surface area contributed by atoms with Crippen LogP contribution in [-0.4, -0.2) is 27.8 Å². The van der Waals surface area contributed by atoms with Gasteiger partial charge in [0.05, 0.1) is 5.56 Å². The van der Waals surface area contributed by atoms with E-state index in [0.717, 1.165) is 22.0 Å². The van der Waals surface area contributed by atoms with Crippen LogP contribution in [-0.2, 0) is 4.74 Å². The maximum Gasteiger partial charge on any atom is 0.339 e. The summed E-state index contributed by atoms with van der Waals surface area (Å²) in [5, 5.41) is 9.55.